The van der Waals surface area contributed by atoms with Gasteiger partial charge in [-0.25, -0.2) is 0 Å². The van der Waals surface area contributed by atoms with Gasteiger partial charge in [0, 0.05) is 19.4 Å². The Balaban J connectivity index is 1.22. The average molecular weight is 606 g/mol. The zero-order valence-electron chi connectivity index (χ0n) is 24.4. The molecule has 1 aromatic rings. The molecule has 14 heteroatoms. The van der Waals surface area contributed by atoms with Crippen molar-refractivity contribution in [2.45, 2.75) is 51.0 Å². The largest absolute Gasteiger partial charge is 0.469 e. The van der Waals surface area contributed by atoms with E-state index in [9.17, 15) is 28.8 Å². The third kappa shape index (κ3) is 10.5. The quantitative estimate of drug-likeness (QED) is 0.124. The number of fused-ring (bicyclic) bond motifs is 1. The summed E-state index contributed by atoms with van der Waals surface area (Å²) in [5.41, 5.74) is 0.377. The predicted octanol–water partition coefficient (Wildman–Crippen LogP) is 1.22. The fourth-order valence-corrected chi connectivity index (χ4v) is 4.52. The first-order chi connectivity index (χ1) is 20.8. The number of carbonyl (C=O) groups is 6. The van der Waals surface area contributed by atoms with Gasteiger partial charge in [-0.15, -0.1) is 0 Å². The number of hydrogen-bond acceptors (Lipinski definition) is 11. The number of nitrogens with zero attached hydrogens (tertiary/aromatic N) is 1. The first-order valence-electron chi connectivity index (χ1n) is 14.4. The minimum Gasteiger partial charge on any atom is -0.469 e. The second-order valence-corrected chi connectivity index (χ2v) is 9.81. The van der Waals surface area contributed by atoms with E-state index in [2.05, 4.69) is 15.4 Å². The van der Waals surface area contributed by atoms with E-state index in [4.69, 9.17) is 18.9 Å². The van der Waals surface area contributed by atoms with Gasteiger partial charge in [-0.2, -0.15) is 0 Å². The molecule has 0 bridgehead atoms. The number of benzene rings is 1. The maximum Gasteiger partial charge on any atom is 0.307 e. The molecular formula is C29H39N3O11. The van der Waals surface area contributed by atoms with E-state index in [1.165, 1.54) is 13.2 Å². The number of imide groups is 2. The lowest BCUT2D eigenvalue weighted by molar-refractivity contribution is -0.142. The second-order valence-electron chi connectivity index (χ2n) is 9.81. The van der Waals surface area contributed by atoms with Crippen LogP contribution in [0.1, 0.15) is 65.7 Å². The zero-order chi connectivity index (χ0) is 31.0. The van der Waals surface area contributed by atoms with E-state index in [0.29, 0.717) is 59.3 Å². The number of ether oxygens (including phenoxy) is 5. The van der Waals surface area contributed by atoms with Crippen LogP contribution in [0.5, 0.6) is 0 Å². The Morgan fingerprint density at radius 2 is 1.49 bits per heavy atom. The predicted molar refractivity (Wildman–Crippen MR) is 150 cm³/mol. The Kier molecular flexibility index (Phi) is 14.2. The van der Waals surface area contributed by atoms with Crippen LogP contribution in [0.15, 0.2) is 18.2 Å². The summed E-state index contributed by atoms with van der Waals surface area (Å²) in [5, 5.41) is 4.88. The molecule has 5 amide bonds. The highest BCUT2D eigenvalue weighted by molar-refractivity contribution is 6.26. The summed E-state index contributed by atoms with van der Waals surface area (Å²) in [6.45, 7) is 3.37. The molecule has 1 saturated heterocycles. The molecule has 0 spiro atoms. The molecule has 0 aromatic heterocycles. The van der Waals surface area contributed by atoms with Gasteiger partial charge in [0.2, 0.25) is 17.7 Å². The highest BCUT2D eigenvalue weighted by Gasteiger charge is 2.45. The third-order valence-corrected chi connectivity index (χ3v) is 6.73. The van der Waals surface area contributed by atoms with E-state index in [1.54, 1.807) is 12.1 Å². The molecule has 0 aliphatic carbocycles. The lowest BCUT2D eigenvalue weighted by atomic mass is 10.0. The number of anilines is 1. The first-order valence-corrected chi connectivity index (χ1v) is 14.4. The van der Waals surface area contributed by atoms with Crippen molar-refractivity contribution in [1.29, 1.82) is 0 Å². The van der Waals surface area contributed by atoms with Crippen molar-refractivity contribution in [3.8, 4) is 0 Å². The molecule has 3 rings (SSSR count). The minimum atomic E-state index is -1.07. The number of amides is 5. The van der Waals surface area contributed by atoms with Crippen LogP contribution in [0.3, 0.4) is 0 Å². The lowest BCUT2D eigenvalue weighted by Crippen LogP contribution is -2.54. The van der Waals surface area contributed by atoms with Gasteiger partial charge < -0.3 is 29.0 Å². The maximum absolute atomic E-state index is 13.1. The molecular weight excluding hydrogens is 566 g/mol. The second kappa shape index (κ2) is 18.1. The molecule has 0 radical (unpaired) electrons. The number of piperidine rings is 1. The van der Waals surface area contributed by atoms with Crippen molar-refractivity contribution >= 4 is 41.2 Å². The Hall–Kier alpha value is -3.72. The average Bonchev–Trinajstić information content (AvgIpc) is 3.24. The highest BCUT2D eigenvalue weighted by Crippen LogP contribution is 2.32. The van der Waals surface area contributed by atoms with Gasteiger partial charge in [-0.1, -0.05) is 12.5 Å². The molecule has 0 saturated carbocycles. The van der Waals surface area contributed by atoms with Gasteiger partial charge in [-0.3, -0.25) is 39.0 Å². The molecule has 2 aliphatic rings. The van der Waals surface area contributed by atoms with Gasteiger partial charge in [0.1, 0.15) is 6.04 Å². The Labute approximate surface area is 249 Å². The van der Waals surface area contributed by atoms with Crippen molar-refractivity contribution in [2.24, 2.45) is 0 Å². The molecule has 14 nitrogen and oxygen atoms in total. The smallest absolute Gasteiger partial charge is 0.307 e. The van der Waals surface area contributed by atoms with Gasteiger partial charge >= 0.3 is 5.97 Å². The van der Waals surface area contributed by atoms with Crippen LogP contribution < -0.4 is 10.6 Å². The normalized spacial score (nSPS) is 16.3. The fraction of sp³-hybridized carbons (Fsp3) is 0.586. The number of hydrogen-bond donors (Lipinski definition) is 2. The molecule has 2 heterocycles. The van der Waals surface area contributed by atoms with Crippen molar-refractivity contribution in [2.75, 3.05) is 65.3 Å². The van der Waals surface area contributed by atoms with E-state index in [1.807, 2.05) is 0 Å². The number of unbranched alkanes of at least 4 members (excludes halogenated alkanes) is 2. The SMILES string of the molecule is COC(=O)CCOCCOCCOCCOCCCCCC(=O)Nc1cccc2c1C(=O)N(C1CCC(=O)NC1=O)C2=O. The summed E-state index contributed by atoms with van der Waals surface area (Å²) >= 11 is 0. The van der Waals surface area contributed by atoms with Crippen molar-refractivity contribution in [3.05, 3.63) is 29.3 Å². The topological polar surface area (TPSA) is 176 Å². The van der Waals surface area contributed by atoms with Gasteiger partial charge in [0.15, 0.2) is 0 Å². The van der Waals surface area contributed by atoms with Crippen LogP contribution in [0.2, 0.25) is 0 Å². The summed E-state index contributed by atoms with van der Waals surface area (Å²) in [4.78, 5) is 74.1. The summed E-state index contributed by atoms with van der Waals surface area (Å²) in [7, 11) is 1.33. The monoisotopic (exact) mass is 605 g/mol. The van der Waals surface area contributed by atoms with Crippen molar-refractivity contribution < 1.29 is 52.5 Å². The van der Waals surface area contributed by atoms with E-state index >= 15 is 0 Å². The van der Waals surface area contributed by atoms with Crippen LogP contribution in [0, 0.1) is 0 Å². The van der Waals surface area contributed by atoms with Crippen LogP contribution in [-0.2, 0) is 42.9 Å². The van der Waals surface area contributed by atoms with Gasteiger partial charge in [0.25, 0.3) is 11.8 Å². The Morgan fingerprint density at radius 1 is 0.837 bits per heavy atom. The summed E-state index contributed by atoms with van der Waals surface area (Å²) in [6, 6.07) is 3.51. The number of methoxy groups -OCH3 is 1. The van der Waals surface area contributed by atoms with E-state index in [0.717, 1.165) is 17.7 Å². The minimum absolute atomic E-state index is 0.0294. The molecule has 2 N–H and O–H groups in total. The highest BCUT2D eigenvalue weighted by atomic mass is 16.6. The van der Waals surface area contributed by atoms with E-state index < -0.39 is 29.7 Å². The summed E-state index contributed by atoms with van der Waals surface area (Å²) < 4.78 is 26.1. The maximum atomic E-state index is 13.1. The number of esters is 1. The molecule has 2 aliphatic heterocycles. The van der Waals surface area contributed by atoms with Gasteiger partial charge in [-0.05, 0) is 31.4 Å². The molecule has 1 unspecified atom stereocenters. The molecule has 1 aromatic carbocycles. The van der Waals surface area contributed by atoms with Crippen molar-refractivity contribution in [1.82, 2.24) is 10.2 Å². The lowest BCUT2D eigenvalue weighted by Gasteiger charge is -2.27. The standard InChI is InChI=1S/C29H39N3O11/c1-39-25(35)11-13-41-15-17-43-19-18-42-16-14-40-12-4-2-3-8-23(33)30-21-7-5-6-20-26(21)29(38)32(28(20)37)22-9-10-24(34)31-27(22)36/h5-7,22H,2-4,8-19H2,1H3,(H,30,33)(H,31,34,36). The molecule has 236 valence electrons. The van der Waals surface area contributed by atoms with Crippen LogP contribution in [0.4, 0.5) is 5.69 Å². The van der Waals surface area contributed by atoms with Gasteiger partial charge in [0.05, 0.1) is 76.6 Å². The molecule has 1 fully saturated rings. The Bertz CT molecular complexity index is 1160. The summed E-state index contributed by atoms with van der Waals surface area (Å²) in [5.74, 6) is -3.03. The number of nitrogens with one attached hydrogen (secondary N) is 2. The summed E-state index contributed by atoms with van der Waals surface area (Å²) in [6.07, 6.45) is 2.67. The number of carbonyl (C=O) groups excluding carboxylic acids is 6. The molecule has 43 heavy (non-hydrogen) atoms. The number of rotatable bonds is 20. The van der Waals surface area contributed by atoms with Crippen LogP contribution in [-0.4, -0.2) is 106 Å². The zero-order valence-corrected chi connectivity index (χ0v) is 24.4. The molecule has 1 atom stereocenters. The van der Waals surface area contributed by atoms with Crippen LogP contribution >= 0.6 is 0 Å². The van der Waals surface area contributed by atoms with Crippen molar-refractivity contribution in [3.63, 3.8) is 0 Å². The fourth-order valence-electron chi connectivity index (χ4n) is 4.52. The first kappa shape index (κ1) is 33.8. The Morgan fingerprint density at radius 3 is 2.14 bits per heavy atom. The van der Waals surface area contributed by atoms with Crippen LogP contribution in [0.25, 0.3) is 0 Å². The van der Waals surface area contributed by atoms with E-state index in [-0.39, 0.29) is 54.4 Å². The third-order valence-electron chi connectivity index (χ3n) is 6.73.